The first-order chi connectivity index (χ1) is 5.41. The van der Waals surface area contributed by atoms with Gasteiger partial charge in [0.2, 0.25) is 0 Å². The Kier molecular flexibility index (Phi) is 5.59. The van der Waals surface area contributed by atoms with Gasteiger partial charge in [-0.3, -0.25) is 0 Å². The summed E-state index contributed by atoms with van der Waals surface area (Å²) in [6.45, 7) is -3.28. The van der Waals surface area contributed by atoms with Crippen LogP contribution in [0.15, 0.2) is 18.2 Å². The Balaban J connectivity index is 0.00000144. The minimum Gasteiger partial charge on any atom is -0.445 e. The molecule has 0 aliphatic rings. The Hall–Kier alpha value is 1.00. The summed E-state index contributed by atoms with van der Waals surface area (Å²) in [7, 11) is 0. The maximum absolute atomic E-state index is 12.2. The first-order valence-electron chi connectivity index (χ1n) is 3.37. The minimum absolute atomic E-state index is 0. The second-order valence-electron chi connectivity index (χ2n) is 2.60. The molecule has 1 aromatic rings. The van der Waals surface area contributed by atoms with Gasteiger partial charge >= 0.3 is 58.4 Å². The van der Waals surface area contributed by atoms with E-state index in [0.29, 0.717) is 0 Å². The third kappa shape index (κ3) is 3.93. The molecule has 0 aliphatic carbocycles. The van der Waals surface area contributed by atoms with E-state index in [-0.39, 0.29) is 56.4 Å². The normalized spacial score (nSPS) is 10.8. The molecule has 66 valence electrons. The van der Waals surface area contributed by atoms with Gasteiger partial charge in [-0.15, -0.1) is 0 Å². The third-order valence-electron chi connectivity index (χ3n) is 1.51. The molecule has 0 fully saturated rings. The SMILES string of the molecule is Cc1ccc([B-](F)(F)F)c(Cl)c1.[K+]. The van der Waals surface area contributed by atoms with Crippen molar-refractivity contribution in [3.05, 3.63) is 28.8 Å². The molecule has 0 saturated carbocycles. The average molecular weight is 232 g/mol. The molecule has 0 amide bonds. The molecule has 0 heterocycles. The molecule has 6 heteroatoms. The largest absolute Gasteiger partial charge is 1.00 e. The van der Waals surface area contributed by atoms with E-state index in [2.05, 4.69) is 0 Å². The van der Waals surface area contributed by atoms with Gasteiger partial charge < -0.3 is 12.9 Å². The smallest absolute Gasteiger partial charge is 0.445 e. The van der Waals surface area contributed by atoms with E-state index < -0.39 is 12.4 Å². The predicted molar refractivity (Wildman–Crippen MR) is 44.9 cm³/mol. The van der Waals surface area contributed by atoms with E-state index in [1.165, 1.54) is 12.1 Å². The second kappa shape index (κ2) is 5.19. The van der Waals surface area contributed by atoms with Gasteiger partial charge in [-0.2, -0.15) is 0 Å². The van der Waals surface area contributed by atoms with Crippen LogP contribution < -0.4 is 56.8 Å². The van der Waals surface area contributed by atoms with Crippen LogP contribution in [0.4, 0.5) is 12.9 Å². The Morgan fingerprint density at radius 2 is 1.77 bits per heavy atom. The van der Waals surface area contributed by atoms with Crippen LogP contribution in [0.1, 0.15) is 5.56 Å². The number of benzene rings is 1. The van der Waals surface area contributed by atoms with Crippen molar-refractivity contribution in [3.63, 3.8) is 0 Å². The number of halogens is 4. The summed E-state index contributed by atoms with van der Waals surface area (Å²) in [4.78, 5) is 0. The van der Waals surface area contributed by atoms with Crippen LogP contribution >= 0.6 is 11.6 Å². The van der Waals surface area contributed by atoms with Crippen molar-refractivity contribution >= 4 is 24.0 Å². The Morgan fingerprint density at radius 3 is 2.15 bits per heavy atom. The van der Waals surface area contributed by atoms with Crippen LogP contribution in [-0.4, -0.2) is 6.98 Å². The van der Waals surface area contributed by atoms with Gasteiger partial charge in [0.15, 0.2) is 0 Å². The van der Waals surface area contributed by atoms with E-state index in [1.807, 2.05) is 0 Å². The van der Waals surface area contributed by atoms with Crippen LogP contribution in [0.25, 0.3) is 0 Å². The summed E-state index contributed by atoms with van der Waals surface area (Å²) in [5, 5.41) is -0.220. The van der Waals surface area contributed by atoms with Crippen molar-refractivity contribution in [2.24, 2.45) is 0 Å². The van der Waals surface area contributed by atoms with Crippen LogP contribution in [0.3, 0.4) is 0 Å². The number of rotatable bonds is 1. The van der Waals surface area contributed by atoms with Crippen molar-refractivity contribution in [3.8, 4) is 0 Å². The molecule has 0 N–H and O–H groups in total. The quantitative estimate of drug-likeness (QED) is 0.584. The van der Waals surface area contributed by atoms with Gasteiger partial charge in [0.05, 0.1) is 0 Å². The zero-order valence-corrected chi connectivity index (χ0v) is 11.2. The summed E-state index contributed by atoms with van der Waals surface area (Å²) in [5.74, 6) is 0. The molecular weight excluding hydrogens is 226 g/mol. The molecule has 1 aromatic carbocycles. The molecule has 0 aromatic heterocycles. The number of hydrogen-bond donors (Lipinski definition) is 0. The summed E-state index contributed by atoms with van der Waals surface area (Å²) in [6.07, 6.45) is 0. The van der Waals surface area contributed by atoms with Crippen molar-refractivity contribution < 1.29 is 64.3 Å². The summed E-state index contributed by atoms with van der Waals surface area (Å²) >= 11 is 5.41. The van der Waals surface area contributed by atoms with E-state index in [0.717, 1.165) is 11.6 Å². The average Bonchev–Trinajstić information content (AvgIpc) is 1.83. The van der Waals surface area contributed by atoms with Gasteiger partial charge in [-0.25, -0.2) is 0 Å². The van der Waals surface area contributed by atoms with Crippen LogP contribution in [0, 0.1) is 6.92 Å². The van der Waals surface area contributed by atoms with E-state index in [4.69, 9.17) is 11.6 Å². The summed E-state index contributed by atoms with van der Waals surface area (Å²) in [5.41, 5.74) is 0.00562. The van der Waals surface area contributed by atoms with Crippen molar-refractivity contribution in [2.75, 3.05) is 0 Å². The molecule has 0 saturated heterocycles. The molecule has 0 aliphatic heterocycles. The monoisotopic (exact) mass is 232 g/mol. The van der Waals surface area contributed by atoms with E-state index in [9.17, 15) is 12.9 Å². The standard InChI is InChI=1S/C7H6BClF3.K/c1-5-2-3-6(7(9)4-5)8(10,11)12;/h2-4H,1H3;/q-1;+1. The molecule has 0 unspecified atom stereocenters. The van der Waals surface area contributed by atoms with Crippen molar-refractivity contribution in [1.82, 2.24) is 0 Å². The Bertz CT molecular complexity index is 300. The Labute approximate surface area is 122 Å². The zero-order chi connectivity index (χ0) is 9.35. The molecule has 0 radical (unpaired) electrons. The van der Waals surface area contributed by atoms with Crippen LogP contribution in [-0.2, 0) is 0 Å². The molecule has 0 nitrogen and oxygen atoms in total. The summed E-state index contributed by atoms with van der Waals surface area (Å²) < 4.78 is 36.5. The van der Waals surface area contributed by atoms with Crippen LogP contribution in [0.2, 0.25) is 5.02 Å². The van der Waals surface area contributed by atoms with Gasteiger partial charge in [-0.05, 0) is 18.6 Å². The number of aryl methyl sites for hydroxylation is 1. The molecule has 1 rings (SSSR count). The fourth-order valence-corrected chi connectivity index (χ4v) is 1.26. The molecule has 13 heavy (non-hydrogen) atoms. The van der Waals surface area contributed by atoms with Crippen LogP contribution in [0.5, 0.6) is 0 Å². The maximum atomic E-state index is 12.2. The Morgan fingerprint density at radius 1 is 1.23 bits per heavy atom. The van der Waals surface area contributed by atoms with Gasteiger partial charge in [0, 0.05) is 5.02 Å². The molecular formula is C7H6BClF3K. The fourth-order valence-electron chi connectivity index (χ4n) is 0.898. The van der Waals surface area contributed by atoms with E-state index in [1.54, 1.807) is 6.92 Å². The topological polar surface area (TPSA) is 0 Å². The molecule has 0 atom stereocenters. The van der Waals surface area contributed by atoms with Crippen molar-refractivity contribution in [2.45, 2.75) is 6.92 Å². The van der Waals surface area contributed by atoms with Gasteiger partial charge in [-0.1, -0.05) is 29.2 Å². The second-order valence-corrected chi connectivity index (χ2v) is 3.01. The fraction of sp³-hybridized carbons (Fsp3) is 0.143. The van der Waals surface area contributed by atoms with Gasteiger partial charge in [0.25, 0.3) is 0 Å². The van der Waals surface area contributed by atoms with Gasteiger partial charge in [0.1, 0.15) is 0 Å². The van der Waals surface area contributed by atoms with Crippen molar-refractivity contribution in [1.29, 1.82) is 0 Å². The third-order valence-corrected chi connectivity index (χ3v) is 1.84. The number of hydrogen-bond acceptors (Lipinski definition) is 0. The zero-order valence-electron chi connectivity index (χ0n) is 7.32. The first-order valence-corrected chi connectivity index (χ1v) is 3.75. The summed E-state index contributed by atoms with van der Waals surface area (Å²) in [6, 6.07) is 3.72. The predicted octanol–water partition coefficient (Wildman–Crippen LogP) is -0.293. The maximum Gasteiger partial charge on any atom is 1.00 e. The molecule has 0 bridgehead atoms. The molecule has 0 spiro atoms. The first kappa shape index (κ1) is 14.0. The van der Waals surface area contributed by atoms with E-state index >= 15 is 0 Å². The minimum atomic E-state index is -4.98.